The number of hydrogen-bond acceptors (Lipinski definition) is 5. The van der Waals surface area contributed by atoms with Gasteiger partial charge in [-0.15, -0.1) is 11.3 Å². The molecule has 0 saturated carbocycles. The van der Waals surface area contributed by atoms with Gasteiger partial charge in [-0.05, 0) is 35.4 Å². The van der Waals surface area contributed by atoms with E-state index in [2.05, 4.69) is 15.6 Å². The largest absolute Gasteiger partial charge is 0.416 e. The maximum Gasteiger partial charge on any atom is 0.416 e. The Kier molecular flexibility index (Phi) is 6.32. The van der Waals surface area contributed by atoms with E-state index in [-0.39, 0.29) is 25.4 Å². The van der Waals surface area contributed by atoms with Crippen molar-refractivity contribution in [2.45, 2.75) is 12.6 Å². The Balaban J connectivity index is 1.68. The molecule has 6 nitrogen and oxygen atoms in total. The molecule has 3 aromatic rings. The van der Waals surface area contributed by atoms with Crippen LogP contribution in [0.5, 0.6) is 0 Å². The quantitative estimate of drug-likeness (QED) is 0.585. The van der Waals surface area contributed by atoms with E-state index in [1.54, 1.807) is 24.3 Å². The summed E-state index contributed by atoms with van der Waals surface area (Å²) in [5, 5.41) is 13.7. The van der Waals surface area contributed by atoms with Gasteiger partial charge in [-0.3, -0.25) is 9.59 Å². The molecule has 3 rings (SSSR count). The summed E-state index contributed by atoms with van der Waals surface area (Å²) in [6, 6.07) is 12.0. The summed E-state index contributed by atoms with van der Waals surface area (Å²) < 4.78 is 39.0. The van der Waals surface area contributed by atoms with Gasteiger partial charge in [-0.25, -0.2) is 4.98 Å². The monoisotopic (exact) mass is 432 g/mol. The number of aromatic nitrogens is 1. The highest BCUT2D eigenvalue weighted by atomic mass is 32.1. The predicted octanol–water partition coefficient (Wildman–Crippen LogP) is 3.28. The van der Waals surface area contributed by atoms with Crippen LogP contribution in [0.25, 0.3) is 21.3 Å². The molecule has 0 saturated heterocycles. The van der Waals surface area contributed by atoms with E-state index in [1.807, 2.05) is 0 Å². The first-order valence-corrected chi connectivity index (χ1v) is 9.55. The van der Waals surface area contributed by atoms with Crippen molar-refractivity contribution in [2.24, 2.45) is 0 Å². The maximum atomic E-state index is 12.7. The highest BCUT2D eigenvalue weighted by Gasteiger charge is 2.29. The Morgan fingerprint density at radius 3 is 2.40 bits per heavy atom. The Bertz CT molecular complexity index is 1120. The first-order chi connectivity index (χ1) is 14.3. The number of benzene rings is 2. The van der Waals surface area contributed by atoms with Crippen LogP contribution in [0.1, 0.15) is 10.6 Å². The molecule has 0 unspecified atom stereocenters. The van der Waals surface area contributed by atoms with Gasteiger partial charge in [0.1, 0.15) is 11.6 Å². The van der Waals surface area contributed by atoms with Crippen LogP contribution >= 0.6 is 11.3 Å². The van der Waals surface area contributed by atoms with Gasteiger partial charge in [-0.2, -0.15) is 18.4 Å². The molecule has 0 aliphatic heterocycles. The van der Waals surface area contributed by atoms with Gasteiger partial charge in [0, 0.05) is 0 Å². The molecule has 0 atom stereocenters. The van der Waals surface area contributed by atoms with Crippen molar-refractivity contribution < 1.29 is 22.8 Å². The fourth-order valence-corrected chi connectivity index (χ4v) is 3.61. The minimum Gasteiger partial charge on any atom is -0.347 e. The third kappa shape index (κ3) is 5.33. The van der Waals surface area contributed by atoms with E-state index < -0.39 is 17.6 Å². The average molecular weight is 432 g/mol. The van der Waals surface area contributed by atoms with Crippen LogP contribution in [0.4, 0.5) is 13.2 Å². The standard InChI is InChI=1S/C20H15F3N4O2S/c21-20(22,23)14-4-1-12(2-5-14)13-3-6-16-15(9-13)27-19(30-16)10-17(28)26-11-18(29)25-8-7-24/h1-6,9H,8,10-11H2,(H,25,29)(H,26,28). The molecule has 0 radical (unpaired) electrons. The zero-order valence-corrected chi connectivity index (χ0v) is 16.2. The van der Waals surface area contributed by atoms with Crippen molar-refractivity contribution in [2.75, 3.05) is 13.1 Å². The molecule has 0 aliphatic carbocycles. The van der Waals surface area contributed by atoms with Crippen LogP contribution < -0.4 is 10.6 Å². The average Bonchev–Trinajstić information content (AvgIpc) is 3.11. The van der Waals surface area contributed by atoms with E-state index in [1.165, 1.54) is 23.5 Å². The fourth-order valence-electron chi connectivity index (χ4n) is 2.66. The number of nitrogens with one attached hydrogen (secondary N) is 2. The molecular formula is C20H15F3N4O2S. The van der Waals surface area contributed by atoms with Gasteiger partial charge in [0.2, 0.25) is 11.8 Å². The normalized spacial score (nSPS) is 11.1. The van der Waals surface area contributed by atoms with E-state index in [0.717, 1.165) is 16.8 Å². The van der Waals surface area contributed by atoms with Gasteiger partial charge in [0.05, 0.1) is 34.8 Å². The second-order valence-corrected chi connectivity index (χ2v) is 7.37. The van der Waals surface area contributed by atoms with Crippen molar-refractivity contribution in [3.63, 3.8) is 0 Å². The van der Waals surface area contributed by atoms with Gasteiger partial charge in [-0.1, -0.05) is 18.2 Å². The summed E-state index contributed by atoms with van der Waals surface area (Å²) in [6.45, 7) is -0.364. The summed E-state index contributed by atoms with van der Waals surface area (Å²) in [7, 11) is 0. The van der Waals surface area contributed by atoms with Crippen molar-refractivity contribution >= 4 is 33.4 Å². The molecule has 0 aliphatic rings. The van der Waals surface area contributed by atoms with Crippen LogP contribution in [-0.2, 0) is 22.2 Å². The maximum absolute atomic E-state index is 12.7. The van der Waals surface area contributed by atoms with Crippen molar-refractivity contribution in [3.8, 4) is 17.2 Å². The molecule has 0 spiro atoms. The first-order valence-electron chi connectivity index (χ1n) is 8.73. The molecule has 0 fully saturated rings. The van der Waals surface area contributed by atoms with Crippen LogP contribution in [0.3, 0.4) is 0 Å². The first kappa shape index (κ1) is 21.3. The minimum absolute atomic E-state index is 0.0134. The molecule has 2 amide bonds. The molecule has 10 heteroatoms. The number of fused-ring (bicyclic) bond motifs is 1. The summed E-state index contributed by atoms with van der Waals surface area (Å²) >= 11 is 1.32. The Labute approximate surface area is 173 Å². The van der Waals surface area contributed by atoms with E-state index in [0.29, 0.717) is 21.7 Å². The second kappa shape index (κ2) is 8.92. The zero-order chi connectivity index (χ0) is 21.7. The summed E-state index contributed by atoms with van der Waals surface area (Å²) in [5.41, 5.74) is 1.26. The number of halogens is 3. The van der Waals surface area contributed by atoms with E-state index in [9.17, 15) is 22.8 Å². The Morgan fingerprint density at radius 1 is 1.03 bits per heavy atom. The van der Waals surface area contributed by atoms with Gasteiger partial charge >= 0.3 is 6.18 Å². The number of carbonyl (C=O) groups excluding carboxylic acids is 2. The highest BCUT2D eigenvalue weighted by molar-refractivity contribution is 7.18. The lowest BCUT2D eigenvalue weighted by Crippen LogP contribution is -2.37. The molecule has 30 heavy (non-hydrogen) atoms. The number of alkyl halides is 3. The molecule has 154 valence electrons. The molecule has 2 aromatic carbocycles. The molecule has 2 N–H and O–H groups in total. The SMILES string of the molecule is N#CCNC(=O)CNC(=O)Cc1nc2cc(-c3ccc(C(F)(F)F)cc3)ccc2s1. The summed E-state index contributed by atoms with van der Waals surface area (Å²) in [5.74, 6) is -0.848. The van der Waals surface area contributed by atoms with E-state index in [4.69, 9.17) is 5.26 Å². The highest BCUT2D eigenvalue weighted by Crippen LogP contribution is 2.32. The Hall–Kier alpha value is -3.45. The summed E-state index contributed by atoms with van der Waals surface area (Å²) in [6.07, 6.45) is -4.40. The second-order valence-electron chi connectivity index (χ2n) is 6.25. The van der Waals surface area contributed by atoms with Crippen molar-refractivity contribution in [1.82, 2.24) is 15.6 Å². The van der Waals surface area contributed by atoms with Crippen molar-refractivity contribution in [3.05, 3.63) is 53.0 Å². The predicted molar refractivity (Wildman–Crippen MR) is 105 cm³/mol. The molecular weight excluding hydrogens is 417 g/mol. The number of nitrogens with zero attached hydrogens (tertiary/aromatic N) is 2. The topological polar surface area (TPSA) is 94.9 Å². The lowest BCUT2D eigenvalue weighted by atomic mass is 10.0. The smallest absolute Gasteiger partial charge is 0.347 e. The summed E-state index contributed by atoms with van der Waals surface area (Å²) in [4.78, 5) is 27.8. The van der Waals surface area contributed by atoms with Crippen LogP contribution in [0.2, 0.25) is 0 Å². The molecule has 1 heterocycles. The molecule has 0 bridgehead atoms. The van der Waals surface area contributed by atoms with E-state index >= 15 is 0 Å². The minimum atomic E-state index is -4.39. The number of thiazole rings is 1. The fraction of sp³-hybridized carbons (Fsp3) is 0.200. The van der Waals surface area contributed by atoms with Gasteiger partial charge in [0.25, 0.3) is 0 Å². The van der Waals surface area contributed by atoms with Gasteiger partial charge in [0.15, 0.2) is 0 Å². The number of carbonyl (C=O) groups is 2. The van der Waals surface area contributed by atoms with Crippen LogP contribution in [0.15, 0.2) is 42.5 Å². The Morgan fingerprint density at radius 2 is 1.73 bits per heavy atom. The number of nitriles is 1. The third-order valence-electron chi connectivity index (χ3n) is 4.10. The van der Waals surface area contributed by atoms with Crippen LogP contribution in [-0.4, -0.2) is 29.9 Å². The lowest BCUT2D eigenvalue weighted by Gasteiger charge is -2.07. The lowest BCUT2D eigenvalue weighted by molar-refractivity contribution is -0.137. The van der Waals surface area contributed by atoms with Crippen LogP contribution in [0, 0.1) is 11.3 Å². The number of amides is 2. The third-order valence-corrected chi connectivity index (χ3v) is 5.14. The van der Waals surface area contributed by atoms with Gasteiger partial charge < -0.3 is 10.6 Å². The zero-order valence-electron chi connectivity index (χ0n) is 15.4. The molecule has 1 aromatic heterocycles. The van der Waals surface area contributed by atoms with Crippen molar-refractivity contribution in [1.29, 1.82) is 5.26 Å². The number of hydrogen-bond donors (Lipinski definition) is 2. The number of rotatable bonds is 6.